The maximum absolute atomic E-state index is 12.3. The lowest BCUT2D eigenvalue weighted by Crippen LogP contribution is -2.31. The zero-order valence-electron chi connectivity index (χ0n) is 15.2. The minimum Gasteiger partial charge on any atom is -0.483 e. The highest BCUT2D eigenvalue weighted by Crippen LogP contribution is 2.21. The minimum absolute atomic E-state index is 0.0241. The second-order valence-electron chi connectivity index (χ2n) is 6.40. The van der Waals surface area contributed by atoms with Crippen molar-refractivity contribution in [3.05, 3.63) is 101 Å². The summed E-state index contributed by atoms with van der Waals surface area (Å²) in [6.45, 7) is 1.91. The summed E-state index contributed by atoms with van der Waals surface area (Å²) in [5, 5.41) is 3.62. The fourth-order valence-corrected chi connectivity index (χ4v) is 2.99. The number of rotatable bonds is 7. The first-order chi connectivity index (χ1) is 13.1. The number of ether oxygens (including phenoxy) is 1. The molecule has 1 atom stereocenters. The summed E-state index contributed by atoms with van der Waals surface area (Å²) in [5.41, 5.74) is 3.26. The molecular formula is C23H22ClNO2. The van der Waals surface area contributed by atoms with E-state index in [0.29, 0.717) is 5.02 Å². The number of carbonyl (C=O) groups excluding carboxylic acids is 1. The molecule has 0 saturated carbocycles. The van der Waals surface area contributed by atoms with Crippen LogP contribution in [-0.2, 0) is 11.2 Å². The van der Waals surface area contributed by atoms with E-state index in [1.54, 1.807) is 0 Å². The maximum Gasteiger partial charge on any atom is 0.258 e. The Bertz CT molecular complexity index is 878. The number of nitrogens with one attached hydrogen (secondary N) is 1. The number of hydrogen-bond acceptors (Lipinski definition) is 2. The van der Waals surface area contributed by atoms with E-state index < -0.39 is 0 Å². The summed E-state index contributed by atoms with van der Waals surface area (Å²) in [7, 11) is 0. The average molecular weight is 380 g/mol. The number of amides is 1. The van der Waals surface area contributed by atoms with Crippen LogP contribution in [0.2, 0.25) is 5.02 Å². The van der Waals surface area contributed by atoms with E-state index >= 15 is 0 Å². The Morgan fingerprint density at radius 2 is 1.63 bits per heavy atom. The van der Waals surface area contributed by atoms with Crippen molar-refractivity contribution in [1.29, 1.82) is 0 Å². The molecule has 3 aromatic carbocycles. The van der Waals surface area contributed by atoms with Crippen molar-refractivity contribution in [2.45, 2.75) is 19.4 Å². The summed E-state index contributed by atoms with van der Waals surface area (Å²) >= 11 is 5.91. The van der Waals surface area contributed by atoms with Gasteiger partial charge in [-0.25, -0.2) is 0 Å². The fourth-order valence-electron chi connectivity index (χ4n) is 2.87. The van der Waals surface area contributed by atoms with Gasteiger partial charge in [0.1, 0.15) is 5.75 Å². The summed E-state index contributed by atoms with van der Waals surface area (Å²) in [4.78, 5) is 12.3. The summed E-state index contributed by atoms with van der Waals surface area (Å²) in [5.74, 6) is 0.572. The molecule has 0 unspecified atom stereocenters. The van der Waals surface area contributed by atoms with Crippen LogP contribution in [0, 0.1) is 0 Å². The second-order valence-corrected chi connectivity index (χ2v) is 6.84. The van der Waals surface area contributed by atoms with Crippen molar-refractivity contribution in [3.63, 3.8) is 0 Å². The quantitative estimate of drug-likeness (QED) is 0.613. The van der Waals surface area contributed by atoms with Crippen LogP contribution in [0.1, 0.15) is 29.7 Å². The number of carbonyl (C=O) groups is 1. The molecule has 0 aliphatic carbocycles. The van der Waals surface area contributed by atoms with Gasteiger partial charge in [-0.3, -0.25) is 4.79 Å². The van der Waals surface area contributed by atoms with Crippen LogP contribution >= 0.6 is 11.6 Å². The van der Waals surface area contributed by atoms with Crippen LogP contribution in [0.25, 0.3) is 0 Å². The Morgan fingerprint density at radius 1 is 0.963 bits per heavy atom. The van der Waals surface area contributed by atoms with Crippen molar-refractivity contribution in [2.75, 3.05) is 6.61 Å². The van der Waals surface area contributed by atoms with Crippen LogP contribution in [0.15, 0.2) is 78.9 Å². The number of halogens is 1. The van der Waals surface area contributed by atoms with Gasteiger partial charge in [0.25, 0.3) is 5.91 Å². The molecule has 0 aliphatic heterocycles. The average Bonchev–Trinajstić information content (AvgIpc) is 2.68. The van der Waals surface area contributed by atoms with Crippen LogP contribution in [0.5, 0.6) is 5.75 Å². The largest absolute Gasteiger partial charge is 0.483 e. The highest BCUT2D eigenvalue weighted by molar-refractivity contribution is 6.30. The molecule has 4 heteroatoms. The highest BCUT2D eigenvalue weighted by atomic mass is 35.5. The van der Waals surface area contributed by atoms with Gasteiger partial charge in [-0.15, -0.1) is 0 Å². The van der Waals surface area contributed by atoms with E-state index in [2.05, 4.69) is 17.4 Å². The lowest BCUT2D eigenvalue weighted by molar-refractivity contribution is -0.123. The molecule has 0 heterocycles. The van der Waals surface area contributed by atoms with Crippen LogP contribution in [-0.4, -0.2) is 12.5 Å². The SMILES string of the molecule is C[C@@H](NC(=O)COc1ccccc1Cc1ccccc1)c1ccc(Cl)cc1. The monoisotopic (exact) mass is 379 g/mol. The molecule has 3 aromatic rings. The Hall–Kier alpha value is -2.78. The van der Waals surface area contributed by atoms with Crippen molar-refractivity contribution in [2.24, 2.45) is 0 Å². The van der Waals surface area contributed by atoms with Crippen molar-refractivity contribution in [3.8, 4) is 5.75 Å². The van der Waals surface area contributed by atoms with Crippen LogP contribution in [0.3, 0.4) is 0 Å². The van der Waals surface area contributed by atoms with E-state index in [9.17, 15) is 4.79 Å². The molecule has 138 valence electrons. The second kappa shape index (κ2) is 9.24. The third-order valence-electron chi connectivity index (χ3n) is 4.32. The standard InChI is InChI=1S/C23H22ClNO2/c1-17(19-11-13-21(24)14-12-19)25-23(26)16-27-22-10-6-5-9-20(22)15-18-7-3-2-4-8-18/h2-14,17H,15-16H2,1H3,(H,25,26)/t17-/m1/s1. The molecule has 3 nitrogen and oxygen atoms in total. The molecule has 0 saturated heterocycles. The van der Waals surface area contributed by atoms with Gasteiger partial charge in [0.15, 0.2) is 6.61 Å². The van der Waals surface area contributed by atoms with Gasteiger partial charge < -0.3 is 10.1 Å². The third-order valence-corrected chi connectivity index (χ3v) is 4.57. The molecule has 27 heavy (non-hydrogen) atoms. The molecule has 1 amide bonds. The molecule has 0 aromatic heterocycles. The maximum atomic E-state index is 12.3. The molecule has 0 bridgehead atoms. The molecule has 0 radical (unpaired) electrons. The van der Waals surface area contributed by atoms with Crippen LogP contribution < -0.4 is 10.1 Å². The van der Waals surface area contributed by atoms with E-state index in [1.807, 2.05) is 73.7 Å². The molecule has 0 aliphatic rings. The van der Waals surface area contributed by atoms with Gasteiger partial charge in [-0.2, -0.15) is 0 Å². The molecule has 0 spiro atoms. The normalized spacial score (nSPS) is 11.6. The van der Waals surface area contributed by atoms with E-state index in [0.717, 1.165) is 23.3 Å². The first kappa shape index (κ1) is 19.0. The zero-order valence-corrected chi connectivity index (χ0v) is 15.9. The Morgan fingerprint density at radius 3 is 2.37 bits per heavy atom. The Labute approximate surface area is 164 Å². The van der Waals surface area contributed by atoms with Gasteiger partial charge in [0, 0.05) is 11.4 Å². The highest BCUT2D eigenvalue weighted by Gasteiger charge is 2.11. The predicted octanol–water partition coefficient (Wildman–Crippen LogP) is 5.19. The van der Waals surface area contributed by atoms with Crippen LogP contribution in [0.4, 0.5) is 0 Å². The predicted molar refractivity (Wildman–Crippen MR) is 109 cm³/mol. The zero-order chi connectivity index (χ0) is 19.1. The van der Waals surface area contributed by atoms with E-state index in [4.69, 9.17) is 16.3 Å². The van der Waals surface area contributed by atoms with Gasteiger partial charge in [0.2, 0.25) is 0 Å². The minimum atomic E-state index is -0.160. The number of para-hydroxylation sites is 1. The van der Waals surface area contributed by atoms with E-state index in [-0.39, 0.29) is 18.6 Å². The first-order valence-electron chi connectivity index (χ1n) is 8.91. The number of hydrogen-bond donors (Lipinski definition) is 1. The topological polar surface area (TPSA) is 38.3 Å². The Balaban J connectivity index is 1.58. The molecule has 1 N–H and O–H groups in total. The van der Waals surface area contributed by atoms with Gasteiger partial charge in [-0.1, -0.05) is 72.3 Å². The molecule has 3 rings (SSSR count). The third kappa shape index (κ3) is 5.60. The number of benzene rings is 3. The Kier molecular flexibility index (Phi) is 6.50. The first-order valence-corrected chi connectivity index (χ1v) is 9.29. The summed E-state index contributed by atoms with van der Waals surface area (Å²) < 4.78 is 5.79. The van der Waals surface area contributed by atoms with Crippen molar-refractivity contribution < 1.29 is 9.53 Å². The lowest BCUT2D eigenvalue weighted by Gasteiger charge is -2.16. The van der Waals surface area contributed by atoms with Crippen molar-refractivity contribution in [1.82, 2.24) is 5.32 Å². The summed E-state index contributed by atoms with van der Waals surface area (Å²) in [6.07, 6.45) is 0.764. The lowest BCUT2D eigenvalue weighted by atomic mass is 10.0. The van der Waals surface area contributed by atoms with Gasteiger partial charge in [-0.05, 0) is 41.8 Å². The molecular weight excluding hydrogens is 358 g/mol. The van der Waals surface area contributed by atoms with Gasteiger partial charge in [0.05, 0.1) is 6.04 Å². The van der Waals surface area contributed by atoms with E-state index in [1.165, 1.54) is 5.56 Å². The smallest absolute Gasteiger partial charge is 0.258 e. The summed E-state index contributed by atoms with van der Waals surface area (Å²) in [6, 6.07) is 25.3. The van der Waals surface area contributed by atoms with Gasteiger partial charge >= 0.3 is 0 Å². The fraction of sp³-hybridized carbons (Fsp3) is 0.174. The van der Waals surface area contributed by atoms with Crippen molar-refractivity contribution >= 4 is 17.5 Å². The molecule has 0 fully saturated rings.